The molecular formula is C30H32N6O2S. The van der Waals surface area contributed by atoms with Crippen LogP contribution in [0.1, 0.15) is 46.7 Å². The van der Waals surface area contributed by atoms with Gasteiger partial charge in [-0.25, -0.2) is 0 Å². The molecule has 2 N–H and O–H groups in total. The first-order valence-electron chi connectivity index (χ1n) is 12.9. The van der Waals surface area contributed by atoms with Crippen molar-refractivity contribution in [2.45, 2.75) is 38.9 Å². The maximum atomic E-state index is 13.0. The number of aryl methyl sites for hydroxylation is 1. The number of anilines is 1. The molecular weight excluding hydrogens is 508 g/mol. The van der Waals surface area contributed by atoms with Crippen molar-refractivity contribution in [3.63, 3.8) is 0 Å². The molecule has 2 atom stereocenters. The van der Waals surface area contributed by atoms with Crippen LogP contribution in [0.2, 0.25) is 0 Å². The molecule has 5 rings (SSSR count). The van der Waals surface area contributed by atoms with Gasteiger partial charge in [0.05, 0.1) is 30.6 Å². The molecule has 4 heterocycles. The third kappa shape index (κ3) is 5.63. The van der Waals surface area contributed by atoms with Gasteiger partial charge in [0.2, 0.25) is 5.91 Å². The Morgan fingerprint density at radius 2 is 1.85 bits per heavy atom. The fraction of sp³-hybridized carbons (Fsp3) is 0.267. The second-order valence-electron chi connectivity index (χ2n) is 9.59. The summed E-state index contributed by atoms with van der Waals surface area (Å²) in [6.07, 6.45) is 5.70. The summed E-state index contributed by atoms with van der Waals surface area (Å²) in [4.78, 5) is 23.9. The van der Waals surface area contributed by atoms with Gasteiger partial charge in [-0.3, -0.25) is 14.8 Å². The van der Waals surface area contributed by atoms with E-state index in [9.17, 15) is 4.79 Å². The first-order valence-corrected chi connectivity index (χ1v) is 13.3. The summed E-state index contributed by atoms with van der Waals surface area (Å²) in [5, 5.41) is 7.08. The van der Waals surface area contributed by atoms with Gasteiger partial charge < -0.3 is 24.8 Å². The van der Waals surface area contributed by atoms with Gasteiger partial charge in [0.25, 0.3) is 0 Å². The van der Waals surface area contributed by atoms with Crippen molar-refractivity contribution in [2.24, 2.45) is 0 Å². The molecule has 1 amide bonds. The summed E-state index contributed by atoms with van der Waals surface area (Å²) in [6, 6.07) is 19.3. The average molecular weight is 541 g/mol. The smallest absolute Gasteiger partial charge is 0.226 e. The summed E-state index contributed by atoms with van der Waals surface area (Å²) in [5.74, 6) is 0.518. The molecule has 4 aromatic rings. The summed E-state index contributed by atoms with van der Waals surface area (Å²) >= 11 is 5.83. The molecule has 8 nitrogen and oxygen atoms in total. The van der Waals surface area contributed by atoms with E-state index in [1.165, 1.54) is 5.56 Å². The zero-order valence-corrected chi connectivity index (χ0v) is 23.1. The minimum absolute atomic E-state index is 0.106. The number of rotatable bonds is 9. The Kier molecular flexibility index (Phi) is 7.88. The van der Waals surface area contributed by atoms with Crippen LogP contribution in [-0.4, -0.2) is 44.1 Å². The molecule has 0 unspecified atom stereocenters. The van der Waals surface area contributed by atoms with Crippen LogP contribution in [0, 0.1) is 13.8 Å². The highest BCUT2D eigenvalue weighted by Gasteiger charge is 2.41. The van der Waals surface area contributed by atoms with Gasteiger partial charge in [0.15, 0.2) is 5.11 Å². The average Bonchev–Trinajstić information content (AvgIpc) is 3.43. The van der Waals surface area contributed by atoms with E-state index < -0.39 is 0 Å². The van der Waals surface area contributed by atoms with Crippen molar-refractivity contribution in [1.82, 2.24) is 24.8 Å². The van der Waals surface area contributed by atoms with E-state index in [4.69, 9.17) is 17.0 Å². The lowest BCUT2D eigenvalue weighted by molar-refractivity contribution is -0.116. The zero-order chi connectivity index (χ0) is 27.4. The number of carbonyl (C=O) groups excluding carboxylic acids is 1. The van der Waals surface area contributed by atoms with Gasteiger partial charge in [0.1, 0.15) is 5.75 Å². The monoisotopic (exact) mass is 540 g/mol. The number of thiocarbonyl (C=S) groups is 1. The first kappa shape index (κ1) is 26.4. The molecule has 0 bridgehead atoms. The number of methoxy groups -OCH3 is 1. The van der Waals surface area contributed by atoms with Gasteiger partial charge in [0, 0.05) is 49.5 Å². The number of aromatic nitrogens is 3. The van der Waals surface area contributed by atoms with Gasteiger partial charge in [-0.05, 0) is 79.7 Å². The molecule has 1 fully saturated rings. The number of pyridine rings is 2. The Labute approximate surface area is 234 Å². The Hall–Kier alpha value is -4.24. The molecule has 39 heavy (non-hydrogen) atoms. The molecule has 1 aliphatic rings. The Morgan fingerprint density at radius 1 is 1.08 bits per heavy atom. The minimum Gasteiger partial charge on any atom is -0.495 e. The van der Waals surface area contributed by atoms with Crippen molar-refractivity contribution in [3.05, 3.63) is 107 Å². The van der Waals surface area contributed by atoms with Gasteiger partial charge in [-0.15, -0.1) is 0 Å². The van der Waals surface area contributed by atoms with Crippen LogP contribution >= 0.6 is 12.2 Å². The standard InChI is InChI=1S/C30H32N6O2S/c1-20-18-23(21(2)36(20)19-22-11-15-31-16-12-22)29-28(25-9-6-7-14-32-25)34-30(39)35(29)17-13-27(37)33-24-8-4-5-10-26(24)38-3/h4-12,14-16,18,28-29H,13,17,19H2,1-3H3,(H,33,37)(H,34,39)/t28-,29+/m1/s1. The van der Waals surface area contributed by atoms with Gasteiger partial charge in [-0.1, -0.05) is 18.2 Å². The number of hydrogen-bond donors (Lipinski definition) is 2. The van der Waals surface area contributed by atoms with Gasteiger partial charge >= 0.3 is 0 Å². The van der Waals surface area contributed by atoms with Crippen molar-refractivity contribution < 1.29 is 9.53 Å². The van der Waals surface area contributed by atoms with E-state index in [1.54, 1.807) is 13.3 Å². The van der Waals surface area contributed by atoms with Crippen LogP contribution in [0.3, 0.4) is 0 Å². The summed E-state index contributed by atoms with van der Waals surface area (Å²) in [5.41, 5.74) is 6.22. The number of amides is 1. The number of carbonyl (C=O) groups is 1. The number of nitrogens with zero attached hydrogens (tertiary/aromatic N) is 4. The molecule has 0 saturated carbocycles. The fourth-order valence-corrected chi connectivity index (χ4v) is 5.54. The maximum absolute atomic E-state index is 13.0. The minimum atomic E-state index is -0.147. The van der Waals surface area contributed by atoms with E-state index in [0.717, 1.165) is 29.2 Å². The number of hydrogen-bond acceptors (Lipinski definition) is 5. The molecule has 9 heteroatoms. The predicted molar refractivity (Wildman–Crippen MR) is 156 cm³/mol. The molecule has 3 aromatic heterocycles. The lowest BCUT2D eigenvalue weighted by Gasteiger charge is -2.28. The summed E-state index contributed by atoms with van der Waals surface area (Å²) < 4.78 is 7.69. The third-order valence-corrected chi connectivity index (χ3v) is 7.53. The fourth-order valence-electron chi connectivity index (χ4n) is 5.21. The first-order chi connectivity index (χ1) is 19.0. The molecule has 200 valence electrons. The largest absolute Gasteiger partial charge is 0.495 e. The molecule has 0 aliphatic carbocycles. The van der Waals surface area contributed by atoms with Crippen LogP contribution in [-0.2, 0) is 11.3 Å². The van der Waals surface area contributed by atoms with E-state index >= 15 is 0 Å². The number of para-hydroxylation sites is 2. The molecule has 0 radical (unpaired) electrons. The Balaban J connectivity index is 1.43. The second-order valence-corrected chi connectivity index (χ2v) is 9.97. The van der Waals surface area contributed by atoms with Crippen molar-refractivity contribution in [2.75, 3.05) is 19.0 Å². The van der Waals surface area contributed by atoms with Crippen LogP contribution in [0.5, 0.6) is 5.75 Å². The number of ether oxygens (including phenoxy) is 1. The quantitative estimate of drug-likeness (QED) is 0.291. The third-order valence-electron chi connectivity index (χ3n) is 7.18. The molecule has 0 spiro atoms. The topological polar surface area (TPSA) is 84.3 Å². The Morgan fingerprint density at radius 3 is 2.59 bits per heavy atom. The highest BCUT2D eigenvalue weighted by molar-refractivity contribution is 7.80. The summed E-state index contributed by atoms with van der Waals surface area (Å²) in [7, 11) is 1.59. The van der Waals surface area contributed by atoms with Crippen molar-refractivity contribution in [1.29, 1.82) is 0 Å². The van der Waals surface area contributed by atoms with E-state index in [2.05, 4.69) is 50.0 Å². The lowest BCUT2D eigenvalue weighted by atomic mass is 9.96. The highest BCUT2D eigenvalue weighted by atomic mass is 32.1. The Bertz CT molecular complexity index is 1460. The second kappa shape index (κ2) is 11.7. The van der Waals surface area contributed by atoms with E-state index in [-0.39, 0.29) is 24.4 Å². The molecule has 1 aliphatic heterocycles. The number of nitrogens with one attached hydrogen (secondary N) is 2. The normalized spacial score (nSPS) is 16.7. The predicted octanol–water partition coefficient (Wildman–Crippen LogP) is 4.95. The number of benzene rings is 1. The zero-order valence-electron chi connectivity index (χ0n) is 22.3. The van der Waals surface area contributed by atoms with E-state index in [0.29, 0.717) is 23.1 Å². The highest BCUT2D eigenvalue weighted by Crippen LogP contribution is 2.41. The SMILES string of the molecule is COc1ccccc1NC(=O)CCN1C(=S)N[C@H](c2ccccn2)[C@@H]1c1cc(C)n(Cc2ccncc2)c1C. The van der Waals surface area contributed by atoms with Crippen LogP contribution in [0.15, 0.2) is 79.3 Å². The lowest BCUT2D eigenvalue weighted by Crippen LogP contribution is -2.33. The van der Waals surface area contributed by atoms with Crippen LogP contribution in [0.4, 0.5) is 5.69 Å². The van der Waals surface area contributed by atoms with Gasteiger partial charge in [-0.2, -0.15) is 0 Å². The van der Waals surface area contributed by atoms with Crippen LogP contribution < -0.4 is 15.4 Å². The molecule has 1 aromatic carbocycles. The van der Waals surface area contributed by atoms with Crippen LogP contribution in [0.25, 0.3) is 0 Å². The maximum Gasteiger partial charge on any atom is 0.226 e. The summed E-state index contributed by atoms with van der Waals surface area (Å²) in [6.45, 7) is 5.47. The van der Waals surface area contributed by atoms with Crippen molar-refractivity contribution in [3.8, 4) is 5.75 Å². The van der Waals surface area contributed by atoms with Crippen molar-refractivity contribution >= 4 is 28.9 Å². The van der Waals surface area contributed by atoms with E-state index in [1.807, 2.05) is 67.0 Å². The molecule has 1 saturated heterocycles.